The lowest BCUT2D eigenvalue weighted by atomic mass is 10.0. The van der Waals surface area contributed by atoms with E-state index in [1.807, 2.05) is 30.9 Å². The fourth-order valence-corrected chi connectivity index (χ4v) is 7.34. The maximum atomic E-state index is 12.5. The Labute approximate surface area is 157 Å². The van der Waals surface area contributed by atoms with Gasteiger partial charge in [0.2, 0.25) is 0 Å². The molecule has 2 heterocycles. The van der Waals surface area contributed by atoms with Crippen molar-refractivity contribution in [1.29, 1.82) is 0 Å². The summed E-state index contributed by atoms with van der Waals surface area (Å²) in [5.41, 5.74) is 0.817. The monoisotopic (exact) mass is 400 g/mol. The van der Waals surface area contributed by atoms with Gasteiger partial charge in [-0.3, -0.25) is 4.79 Å². The van der Waals surface area contributed by atoms with Crippen LogP contribution < -0.4 is 4.90 Å². The number of amidine groups is 1. The lowest BCUT2D eigenvalue weighted by Gasteiger charge is -2.24. The molecule has 25 heavy (non-hydrogen) atoms. The average Bonchev–Trinajstić information content (AvgIpc) is 3.00. The Hall–Kier alpha value is -1.05. The summed E-state index contributed by atoms with van der Waals surface area (Å²) in [6.07, 6.45) is 1.50. The highest BCUT2D eigenvalue weighted by Crippen LogP contribution is 2.41. The molecule has 0 radical (unpaired) electrons. The number of carbonyl (C=O) groups is 1. The van der Waals surface area contributed by atoms with E-state index in [-0.39, 0.29) is 34.6 Å². The number of sulfone groups is 1. The molecule has 3 rings (SSSR count). The number of fused-ring (bicyclic) bond motifs is 1. The van der Waals surface area contributed by atoms with Crippen molar-refractivity contribution in [2.75, 3.05) is 16.4 Å². The minimum Gasteiger partial charge on any atom is -0.316 e. The van der Waals surface area contributed by atoms with Gasteiger partial charge in [-0.25, -0.2) is 8.42 Å². The van der Waals surface area contributed by atoms with E-state index >= 15 is 0 Å². The number of benzene rings is 1. The normalized spacial score (nSPS) is 26.4. The zero-order valence-corrected chi connectivity index (χ0v) is 16.6. The van der Waals surface area contributed by atoms with Gasteiger partial charge < -0.3 is 4.90 Å². The minimum atomic E-state index is -3.06. The van der Waals surface area contributed by atoms with Gasteiger partial charge in [0.15, 0.2) is 15.0 Å². The number of aliphatic imine (C=N–C) groups is 1. The SMILES string of the molecule is CCC(CC)C(=O)N=C1S[C@H]2CS(=O)(=O)C[C@@H]2N1c1ccc(Cl)cc1. The van der Waals surface area contributed by atoms with Crippen LogP contribution in [0, 0.1) is 5.92 Å². The van der Waals surface area contributed by atoms with Gasteiger partial charge in [0, 0.05) is 21.9 Å². The van der Waals surface area contributed by atoms with Crippen LogP contribution in [0.1, 0.15) is 26.7 Å². The van der Waals surface area contributed by atoms with Gasteiger partial charge in [-0.15, -0.1) is 0 Å². The molecule has 2 aliphatic heterocycles. The fraction of sp³-hybridized carbons (Fsp3) is 0.529. The van der Waals surface area contributed by atoms with Crippen molar-refractivity contribution >= 4 is 50.0 Å². The number of anilines is 1. The summed E-state index contributed by atoms with van der Waals surface area (Å²) < 4.78 is 24.1. The van der Waals surface area contributed by atoms with Crippen molar-refractivity contribution in [3.05, 3.63) is 29.3 Å². The highest BCUT2D eigenvalue weighted by molar-refractivity contribution is 8.16. The summed E-state index contributed by atoms with van der Waals surface area (Å²) in [6.45, 7) is 3.96. The van der Waals surface area contributed by atoms with E-state index in [2.05, 4.69) is 4.99 Å². The number of hydrogen-bond acceptors (Lipinski definition) is 4. The van der Waals surface area contributed by atoms with Crippen LogP contribution in [-0.2, 0) is 14.6 Å². The van der Waals surface area contributed by atoms with E-state index < -0.39 is 9.84 Å². The number of amides is 1. The summed E-state index contributed by atoms with van der Waals surface area (Å²) in [5.74, 6) is -0.00513. The topological polar surface area (TPSA) is 66.8 Å². The molecule has 2 saturated heterocycles. The first kappa shape index (κ1) is 18.7. The first-order valence-corrected chi connectivity index (χ1v) is 11.5. The molecule has 2 aliphatic rings. The number of halogens is 1. The van der Waals surface area contributed by atoms with E-state index in [0.717, 1.165) is 18.5 Å². The lowest BCUT2D eigenvalue weighted by Crippen LogP contribution is -2.37. The van der Waals surface area contributed by atoms with Crippen molar-refractivity contribution in [3.63, 3.8) is 0 Å². The molecule has 5 nitrogen and oxygen atoms in total. The number of carbonyl (C=O) groups excluding carboxylic acids is 1. The number of nitrogens with zero attached hydrogens (tertiary/aromatic N) is 2. The van der Waals surface area contributed by atoms with Crippen LogP contribution in [0.3, 0.4) is 0 Å². The number of rotatable bonds is 4. The molecular weight excluding hydrogens is 380 g/mol. The summed E-state index contributed by atoms with van der Waals surface area (Å²) in [4.78, 5) is 18.7. The molecule has 0 aliphatic carbocycles. The Bertz CT molecular complexity index is 789. The van der Waals surface area contributed by atoms with Crippen LogP contribution in [0.2, 0.25) is 5.02 Å². The molecule has 0 unspecified atom stereocenters. The maximum absolute atomic E-state index is 12.5. The molecule has 0 N–H and O–H groups in total. The van der Waals surface area contributed by atoms with E-state index in [0.29, 0.717) is 10.2 Å². The Morgan fingerprint density at radius 2 is 1.92 bits per heavy atom. The van der Waals surface area contributed by atoms with Crippen LogP contribution in [-0.4, -0.2) is 42.3 Å². The van der Waals surface area contributed by atoms with E-state index in [1.165, 1.54) is 11.8 Å². The fourth-order valence-electron chi connectivity index (χ4n) is 3.29. The molecule has 0 spiro atoms. The second-order valence-electron chi connectivity index (χ2n) is 6.39. The van der Waals surface area contributed by atoms with Gasteiger partial charge in [-0.05, 0) is 37.1 Å². The summed E-state index contributed by atoms with van der Waals surface area (Å²) in [5, 5.41) is 1.12. The largest absolute Gasteiger partial charge is 0.316 e. The quantitative estimate of drug-likeness (QED) is 0.775. The molecule has 0 aromatic heterocycles. The minimum absolute atomic E-state index is 0.0888. The third-order valence-corrected chi connectivity index (χ3v) is 8.17. The standard InChI is InChI=1S/C17H21ClN2O3S2/c1-3-11(4-2)16(21)19-17-20(13-7-5-12(18)6-8-13)14-9-25(22,23)10-15(14)24-17/h5-8,11,14-15H,3-4,9-10H2,1-2H3/t14-,15-/m0/s1. The highest BCUT2D eigenvalue weighted by atomic mass is 35.5. The molecule has 2 fully saturated rings. The highest BCUT2D eigenvalue weighted by Gasteiger charge is 2.49. The van der Waals surface area contributed by atoms with Crippen molar-refractivity contribution < 1.29 is 13.2 Å². The molecule has 0 saturated carbocycles. The zero-order valence-electron chi connectivity index (χ0n) is 14.2. The van der Waals surface area contributed by atoms with Crippen LogP contribution in [0.4, 0.5) is 5.69 Å². The molecule has 1 aromatic rings. The van der Waals surface area contributed by atoms with E-state index in [1.54, 1.807) is 12.1 Å². The Kier molecular flexibility index (Phi) is 5.46. The molecule has 0 bridgehead atoms. The first-order chi connectivity index (χ1) is 11.8. The van der Waals surface area contributed by atoms with Crippen LogP contribution in [0.5, 0.6) is 0 Å². The van der Waals surface area contributed by atoms with Crippen molar-refractivity contribution in [1.82, 2.24) is 0 Å². The predicted molar refractivity (Wildman–Crippen MR) is 104 cm³/mol. The van der Waals surface area contributed by atoms with Crippen molar-refractivity contribution in [3.8, 4) is 0 Å². The molecule has 1 amide bonds. The lowest BCUT2D eigenvalue weighted by molar-refractivity contribution is -0.121. The number of hydrogen-bond donors (Lipinski definition) is 0. The van der Waals surface area contributed by atoms with Crippen molar-refractivity contribution in [2.24, 2.45) is 10.9 Å². The third-order valence-electron chi connectivity index (χ3n) is 4.71. The van der Waals surface area contributed by atoms with Crippen LogP contribution in [0.15, 0.2) is 29.3 Å². The Morgan fingerprint density at radius 1 is 1.28 bits per heavy atom. The van der Waals surface area contributed by atoms with E-state index in [4.69, 9.17) is 11.6 Å². The third kappa shape index (κ3) is 3.88. The molecule has 2 atom stereocenters. The second-order valence-corrected chi connectivity index (χ2v) is 10.2. The Balaban J connectivity index is 1.97. The van der Waals surface area contributed by atoms with Crippen molar-refractivity contribution in [2.45, 2.75) is 38.0 Å². The molecule has 136 valence electrons. The van der Waals surface area contributed by atoms with E-state index in [9.17, 15) is 13.2 Å². The summed E-state index contributed by atoms with van der Waals surface area (Å²) in [6, 6.07) is 7.02. The van der Waals surface area contributed by atoms with Gasteiger partial charge >= 0.3 is 0 Å². The van der Waals surface area contributed by atoms with Gasteiger partial charge in [-0.2, -0.15) is 4.99 Å². The first-order valence-electron chi connectivity index (χ1n) is 8.39. The molecular formula is C17H21ClN2O3S2. The Morgan fingerprint density at radius 3 is 2.52 bits per heavy atom. The molecule has 8 heteroatoms. The van der Waals surface area contributed by atoms with Crippen LogP contribution in [0.25, 0.3) is 0 Å². The summed E-state index contributed by atoms with van der Waals surface area (Å²) in [7, 11) is -3.06. The average molecular weight is 401 g/mol. The van der Waals surface area contributed by atoms with Gasteiger partial charge in [-0.1, -0.05) is 37.2 Å². The molecule has 1 aromatic carbocycles. The number of thioether (sulfide) groups is 1. The maximum Gasteiger partial charge on any atom is 0.251 e. The summed E-state index contributed by atoms with van der Waals surface area (Å²) >= 11 is 7.37. The van der Waals surface area contributed by atoms with Gasteiger partial charge in [0.1, 0.15) is 0 Å². The van der Waals surface area contributed by atoms with Gasteiger partial charge in [0.25, 0.3) is 5.91 Å². The smallest absolute Gasteiger partial charge is 0.251 e. The second kappa shape index (κ2) is 7.29. The predicted octanol–water partition coefficient (Wildman–Crippen LogP) is 3.38. The van der Waals surface area contributed by atoms with Gasteiger partial charge in [0.05, 0.1) is 17.5 Å². The van der Waals surface area contributed by atoms with Crippen LogP contribution >= 0.6 is 23.4 Å². The zero-order chi connectivity index (χ0) is 18.2.